The quantitative estimate of drug-likeness (QED) is 0.458. The molecule has 0 spiro atoms. The van der Waals surface area contributed by atoms with Gasteiger partial charge >= 0.3 is 0 Å². The van der Waals surface area contributed by atoms with Gasteiger partial charge in [0.2, 0.25) is 0 Å². The number of hydrogen-bond donors (Lipinski definition) is 0. The van der Waals surface area contributed by atoms with Crippen molar-refractivity contribution in [1.29, 1.82) is 10.5 Å². The highest BCUT2D eigenvalue weighted by Crippen LogP contribution is 2.07. The van der Waals surface area contributed by atoms with Gasteiger partial charge in [0, 0.05) is 0 Å². The average molecular weight is 158 g/mol. The molecule has 0 fully saturated rings. The highest BCUT2D eigenvalue weighted by atomic mass is 14.3. The van der Waals surface area contributed by atoms with E-state index in [1.54, 1.807) is 25.2 Å². The van der Waals surface area contributed by atoms with Crippen molar-refractivity contribution < 1.29 is 0 Å². The van der Waals surface area contributed by atoms with Gasteiger partial charge in [-0.1, -0.05) is 18.2 Å². The molecule has 0 amide bonds. The summed E-state index contributed by atoms with van der Waals surface area (Å²) in [5.74, 6) is 0. The second-order valence-electron chi connectivity index (χ2n) is 2.03. The second kappa shape index (κ2) is 5.95. The van der Waals surface area contributed by atoms with E-state index in [0.717, 1.165) is 0 Å². The third kappa shape index (κ3) is 2.86. The summed E-state index contributed by atoms with van der Waals surface area (Å²) in [4.78, 5) is 0. The van der Waals surface area contributed by atoms with Crippen LogP contribution in [0.2, 0.25) is 0 Å². The molecule has 0 aromatic carbocycles. The lowest BCUT2D eigenvalue weighted by atomic mass is 10.1. The molecule has 0 bridgehead atoms. The number of hydrogen-bond acceptors (Lipinski definition) is 2. The molecule has 0 aromatic heterocycles. The van der Waals surface area contributed by atoms with Crippen molar-refractivity contribution in [1.82, 2.24) is 0 Å². The van der Waals surface area contributed by atoms with E-state index in [1.165, 1.54) is 0 Å². The van der Waals surface area contributed by atoms with Crippen molar-refractivity contribution in [2.45, 2.75) is 13.8 Å². The lowest BCUT2D eigenvalue weighted by Gasteiger charge is -1.90. The van der Waals surface area contributed by atoms with Gasteiger partial charge in [0.15, 0.2) is 0 Å². The van der Waals surface area contributed by atoms with Crippen molar-refractivity contribution in [3.05, 3.63) is 35.5 Å². The maximum atomic E-state index is 8.64. The number of allylic oxidation sites excluding steroid dienone is 6. The van der Waals surface area contributed by atoms with Crippen LogP contribution in [0, 0.1) is 22.7 Å². The minimum absolute atomic E-state index is 0.401. The normalized spacial score (nSPS) is 12.7. The van der Waals surface area contributed by atoms with E-state index in [1.807, 2.05) is 25.1 Å². The molecule has 0 aliphatic carbocycles. The Kier molecular flexibility index (Phi) is 5.05. The van der Waals surface area contributed by atoms with Crippen LogP contribution < -0.4 is 0 Å². The van der Waals surface area contributed by atoms with Crippen LogP contribution in [0.3, 0.4) is 0 Å². The van der Waals surface area contributed by atoms with Crippen molar-refractivity contribution in [3.63, 3.8) is 0 Å². The Balaban J connectivity index is 4.85. The molecule has 0 heterocycles. The fraction of sp³-hybridized carbons (Fsp3) is 0.200. The summed E-state index contributed by atoms with van der Waals surface area (Å²) >= 11 is 0. The first-order valence-electron chi connectivity index (χ1n) is 3.60. The van der Waals surface area contributed by atoms with E-state index in [4.69, 9.17) is 10.5 Å². The Morgan fingerprint density at radius 1 is 1.08 bits per heavy atom. The summed E-state index contributed by atoms with van der Waals surface area (Å²) in [6.45, 7) is 3.59. The molecule has 0 radical (unpaired) electrons. The van der Waals surface area contributed by atoms with Crippen LogP contribution in [-0.4, -0.2) is 0 Å². The predicted octanol–water partition coefficient (Wildman–Crippen LogP) is 2.48. The topological polar surface area (TPSA) is 47.6 Å². The van der Waals surface area contributed by atoms with Crippen molar-refractivity contribution in [2.24, 2.45) is 0 Å². The zero-order valence-corrected chi connectivity index (χ0v) is 7.20. The summed E-state index contributed by atoms with van der Waals surface area (Å²) < 4.78 is 0. The minimum Gasteiger partial charge on any atom is -0.192 e. The van der Waals surface area contributed by atoms with Crippen LogP contribution in [0.15, 0.2) is 35.5 Å². The molecule has 0 saturated heterocycles. The zero-order chi connectivity index (χ0) is 9.40. The van der Waals surface area contributed by atoms with Gasteiger partial charge in [-0.15, -0.1) is 0 Å². The van der Waals surface area contributed by atoms with Crippen LogP contribution in [-0.2, 0) is 0 Å². The van der Waals surface area contributed by atoms with Gasteiger partial charge in [0.25, 0.3) is 0 Å². The van der Waals surface area contributed by atoms with Crippen LogP contribution in [0.25, 0.3) is 0 Å². The molecule has 0 aromatic rings. The first-order chi connectivity index (χ1) is 5.79. The molecule has 0 aliphatic rings. The Bertz CT molecular complexity index is 306. The van der Waals surface area contributed by atoms with E-state index >= 15 is 0 Å². The monoisotopic (exact) mass is 158 g/mol. The third-order valence-corrected chi connectivity index (χ3v) is 1.28. The van der Waals surface area contributed by atoms with E-state index < -0.39 is 0 Å². The minimum atomic E-state index is 0.401. The molecule has 2 heteroatoms. The first kappa shape index (κ1) is 10.2. The molecule has 2 nitrogen and oxygen atoms in total. The maximum Gasteiger partial charge on any atom is 0.100 e. The number of nitrogens with zero attached hydrogens (tertiary/aromatic N) is 2. The van der Waals surface area contributed by atoms with Crippen molar-refractivity contribution in [2.75, 3.05) is 0 Å². The Labute approximate surface area is 72.7 Å². The van der Waals surface area contributed by atoms with Crippen LogP contribution in [0.5, 0.6) is 0 Å². The summed E-state index contributed by atoms with van der Waals surface area (Å²) in [5, 5.41) is 17.2. The Hall–Kier alpha value is -1.80. The second-order valence-corrected chi connectivity index (χ2v) is 2.03. The van der Waals surface area contributed by atoms with Crippen molar-refractivity contribution in [3.8, 4) is 12.1 Å². The third-order valence-electron chi connectivity index (χ3n) is 1.28. The fourth-order valence-corrected chi connectivity index (χ4v) is 0.660. The molecule has 0 N–H and O–H groups in total. The van der Waals surface area contributed by atoms with Gasteiger partial charge < -0.3 is 0 Å². The highest BCUT2D eigenvalue weighted by Gasteiger charge is 1.99. The highest BCUT2D eigenvalue weighted by molar-refractivity contribution is 5.50. The summed E-state index contributed by atoms with van der Waals surface area (Å²) in [6, 6.07) is 3.91. The van der Waals surface area contributed by atoms with E-state index in [-0.39, 0.29) is 0 Å². The molecule has 12 heavy (non-hydrogen) atoms. The van der Waals surface area contributed by atoms with Gasteiger partial charge in [0.1, 0.15) is 12.1 Å². The summed E-state index contributed by atoms with van der Waals surface area (Å²) in [7, 11) is 0. The van der Waals surface area contributed by atoms with Gasteiger partial charge in [0.05, 0.1) is 11.1 Å². The molecule has 0 unspecified atom stereocenters. The van der Waals surface area contributed by atoms with Crippen LogP contribution in [0.4, 0.5) is 0 Å². The zero-order valence-electron chi connectivity index (χ0n) is 7.20. The van der Waals surface area contributed by atoms with Gasteiger partial charge in [-0.05, 0) is 19.9 Å². The number of rotatable bonds is 2. The Morgan fingerprint density at radius 3 is 2.00 bits per heavy atom. The molecular weight excluding hydrogens is 148 g/mol. The molecule has 60 valence electrons. The lowest BCUT2D eigenvalue weighted by Crippen LogP contribution is -1.81. The predicted molar refractivity (Wildman–Crippen MR) is 47.9 cm³/mol. The fourth-order valence-electron chi connectivity index (χ4n) is 0.660. The van der Waals surface area contributed by atoms with Crippen LogP contribution >= 0.6 is 0 Å². The summed E-state index contributed by atoms with van der Waals surface area (Å²) in [6.07, 6.45) is 6.79. The van der Waals surface area contributed by atoms with E-state index in [0.29, 0.717) is 11.1 Å². The van der Waals surface area contributed by atoms with Gasteiger partial charge in [-0.25, -0.2) is 0 Å². The smallest absolute Gasteiger partial charge is 0.100 e. The largest absolute Gasteiger partial charge is 0.192 e. The summed E-state index contributed by atoms with van der Waals surface area (Å²) in [5.41, 5.74) is 0.814. The van der Waals surface area contributed by atoms with Gasteiger partial charge in [-0.3, -0.25) is 0 Å². The standard InChI is InChI=1S/C10H10N2/c1-3-5-6-10(8-12)9(4-2)7-11/h3-6H,1-2H3/b5-3-,9-4-,10-6-. The Morgan fingerprint density at radius 2 is 1.67 bits per heavy atom. The lowest BCUT2D eigenvalue weighted by molar-refractivity contribution is 1.42. The SMILES string of the molecule is C\C=C/C=C(C#N)\C(C#N)=C/C. The molecule has 0 rings (SSSR count). The maximum absolute atomic E-state index is 8.64. The average Bonchev–Trinajstić information content (AvgIpc) is 2.12. The molecule has 0 aliphatic heterocycles. The molecular formula is C10H10N2. The number of nitriles is 2. The molecule has 0 atom stereocenters. The van der Waals surface area contributed by atoms with Crippen molar-refractivity contribution >= 4 is 0 Å². The first-order valence-corrected chi connectivity index (χ1v) is 3.60. The van der Waals surface area contributed by atoms with E-state index in [9.17, 15) is 0 Å². The van der Waals surface area contributed by atoms with Gasteiger partial charge in [-0.2, -0.15) is 10.5 Å². The molecule has 0 saturated carbocycles. The van der Waals surface area contributed by atoms with Crippen LogP contribution in [0.1, 0.15) is 13.8 Å². The van der Waals surface area contributed by atoms with E-state index in [2.05, 4.69) is 0 Å².